The molecule has 36 heavy (non-hydrogen) atoms. The maximum Gasteiger partial charge on any atom is 0.287 e. The molecule has 1 unspecified atom stereocenters. The summed E-state index contributed by atoms with van der Waals surface area (Å²) in [6.45, 7) is -0.0974. The number of hydrogen-bond donors (Lipinski definition) is 2. The Hall–Kier alpha value is -4.07. The number of furan rings is 1. The maximum absolute atomic E-state index is 13.7. The minimum atomic E-state index is -0.908. The Morgan fingerprint density at radius 2 is 1.81 bits per heavy atom. The summed E-state index contributed by atoms with van der Waals surface area (Å²) in [6, 6.07) is 18.9. The molecule has 2 N–H and O–H groups in total. The first-order valence-corrected chi connectivity index (χ1v) is 12.1. The molecular weight excluding hydrogens is 458 g/mol. The van der Waals surface area contributed by atoms with Gasteiger partial charge in [-0.05, 0) is 48.2 Å². The van der Waals surface area contributed by atoms with Gasteiger partial charge in [-0.15, -0.1) is 0 Å². The van der Waals surface area contributed by atoms with Gasteiger partial charge in [-0.2, -0.15) is 0 Å². The van der Waals surface area contributed by atoms with Crippen molar-refractivity contribution in [1.82, 2.24) is 15.5 Å². The Labute approximate surface area is 210 Å². The third-order valence-electron chi connectivity index (χ3n) is 6.33. The number of carbonyl (C=O) groups is 3. The van der Waals surface area contributed by atoms with Gasteiger partial charge in [-0.3, -0.25) is 14.4 Å². The first-order chi connectivity index (χ1) is 17.5. The molecule has 1 saturated carbocycles. The van der Waals surface area contributed by atoms with Gasteiger partial charge in [0.15, 0.2) is 5.76 Å². The molecule has 1 atom stereocenters. The Balaban J connectivity index is 1.65. The average Bonchev–Trinajstić information content (AvgIpc) is 3.62. The molecule has 0 saturated heterocycles. The Kier molecular flexibility index (Phi) is 8.39. The van der Waals surface area contributed by atoms with E-state index in [1.807, 2.05) is 36.4 Å². The smallest absolute Gasteiger partial charge is 0.287 e. The highest BCUT2D eigenvalue weighted by Gasteiger charge is 2.33. The number of rotatable bonds is 10. The highest BCUT2D eigenvalue weighted by atomic mass is 16.5. The number of hydrogen-bond acceptors (Lipinski definition) is 5. The lowest BCUT2D eigenvalue weighted by molar-refractivity contribution is -0.141. The zero-order valence-electron chi connectivity index (χ0n) is 20.3. The molecule has 3 amide bonds. The van der Waals surface area contributed by atoms with Gasteiger partial charge in [0.25, 0.3) is 5.91 Å². The molecule has 188 valence electrons. The van der Waals surface area contributed by atoms with Crippen molar-refractivity contribution in [2.75, 3.05) is 13.7 Å². The standard InChI is InChI=1S/C28H31N3O5/c1-35-23-14-7-11-21(17-23)26(28(34)30-22-12-5-6-13-22)31(19-20-9-3-2-4-10-20)25(32)18-29-27(33)24-15-8-16-36-24/h2-4,7-11,14-17,22,26H,5-6,12-13,18-19H2,1H3,(H,29,33)(H,30,34). The minimum absolute atomic E-state index is 0.0814. The predicted octanol–water partition coefficient (Wildman–Crippen LogP) is 3.85. The van der Waals surface area contributed by atoms with Gasteiger partial charge in [0.2, 0.25) is 11.8 Å². The number of benzene rings is 2. The second-order valence-corrected chi connectivity index (χ2v) is 8.84. The number of carbonyl (C=O) groups excluding carboxylic acids is 3. The normalized spacial score (nSPS) is 14.1. The molecule has 1 aliphatic rings. The molecule has 8 nitrogen and oxygen atoms in total. The number of ether oxygens (including phenoxy) is 1. The molecule has 0 spiro atoms. The van der Waals surface area contributed by atoms with Crippen molar-refractivity contribution in [3.63, 3.8) is 0 Å². The Morgan fingerprint density at radius 3 is 2.50 bits per heavy atom. The van der Waals surface area contributed by atoms with Crippen molar-refractivity contribution in [3.05, 3.63) is 89.9 Å². The zero-order valence-corrected chi connectivity index (χ0v) is 20.3. The van der Waals surface area contributed by atoms with Gasteiger partial charge in [0.05, 0.1) is 19.9 Å². The molecule has 1 fully saturated rings. The summed E-state index contributed by atoms with van der Waals surface area (Å²) < 4.78 is 10.5. The molecule has 1 heterocycles. The van der Waals surface area contributed by atoms with Crippen LogP contribution in [-0.4, -0.2) is 42.3 Å². The van der Waals surface area contributed by atoms with Crippen LogP contribution in [0.5, 0.6) is 5.75 Å². The van der Waals surface area contributed by atoms with Crippen LogP contribution in [0.15, 0.2) is 77.4 Å². The molecule has 1 aromatic heterocycles. The first kappa shape index (κ1) is 25.0. The highest BCUT2D eigenvalue weighted by molar-refractivity contribution is 5.95. The number of nitrogens with one attached hydrogen (secondary N) is 2. The van der Waals surface area contributed by atoms with Crippen LogP contribution in [0.25, 0.3) is 0 Å². The van der Waals surface area contributed by atoms with E-state index in [0.29, 0.717) is 11.3 Å². The van der Waals surface area contributed by atoms with Crippen LogP contribution in [0.2, 0.25) is 0 Å². The maximum atomic E-state index is 13.7. The molecule has 0 bridgehead atoms. The summed E-state index contributed by atoms with van der Waals surface area (Å²) >= 11 is 0. The predicted molar refractivity (Wildman–Crippen MR) is 134 cm³/mol. The van der Waals surface area contributed by atoms with E-state index in [1.165, 1.54) is 17.2 Å². The summed E-state index contributed by atoms with van der Waals surface area (Å²) in [6.07, 6.45) is 5.37. The molecular formula is C28H31N3O5. The van der Waals surface area contributed by atoms with Crippen molar-refractivity contribution in [3.8, 4) is 5.75 Å². The molecule has 3 aromatic rings. The summed E-state index contributed by atoms with van der Waals surface area (Å²) in [4.78, 5) is 41.2. The first-order valence-electron chi connectivity index (χ1n) is 12.1. The van der Waals surface area contributed by atoms with Gasteiger partial charge in [0, 0.05) is 12.6 Å². The highest BCUT2D eigenvalue weighted by Crippen LogP contribution is 2.28. The molecule has 4 rings (SSSR count). The fourth-order valence-corrected chi connectivity index (χ4v) is 4.49. The largest absolute Gasteiger partial charge is 0.497 e. The van der Waals surface area contributed by atoms with E-state index < -0.39 is 17.9 Å². The molecule has 1 aliphatic carbocycles. The van der Waals surface area contributed by atoms with Crippen molar-refractivity contribution in [1.29, 1.82) is 0 Å². The summed E-state index contributed by atoms with van der Waals surface area (Å²) in [5, 5.41) is 5.76. The van der Waals surface area contributed by atoms with E-state index in [2.05, 4.69) is 10.6 Å². The topological polar surface area (TPSA) is 101 Å². The third-order valence-corrected chi connectivity index (χ3v) is 6.33. The summed E-state index contributed by atoms with van der Waals surface area (Å²) in [5.74, 6) is -0.448. The van der Waals surface area contributed by atoms with E-state index in [4.69, 9.17) is 9.15 Å². The van der Waals surface area contributed by atoms with Crippen LogP contribution >= 0.6 is 0 Å². The summed E-state index contributed by atoms with van der Waals surface area (Å²) in [7, 11) is 1.56. The van der Waals surface area contributed by atoms with Crippen LogP contribution < -0.4 is 15.4 Å². The molecule has 0 aliphatic heterocycles. The van der Waals surface area contributed by atoms with Crippen molar-refractivity contribution < 1.29 is 23.5 Å². The fourth-order valence-electron chi connectivity index (χ4n) is 4.49. The molecule has 2 aromatic carbocycles. The Morgan fingerprint density at radius 1 is 1.03 bits per heavy atom. The summed E-state index contributed by atoms with van der Waals surface area (Å²) in [5.41, 5.74) is 1.50. The lowest BCUT2D eigenvalue weighted by Crippen LogP contribution is -2.48. The van der Waals surface area contributed by atoms with Crippen molar-refractivity contribution in [2.45, 2.75) is 44.3 Å². The minimum Gasteiger partial charge on any atom is -0.497 e. The third kappa shape index (κ3) is 6.33. The molecule has 0 radical (unpaired) electrons. The van der Waals surface area contributed by atoms with E-state index in [1.54, 1.807) is 31.4 Å². The van der Waals surface area contributed by atoms with E-state index in [-0.39, 0.29) is 30.8 Å². The van der Waals surface area contributed by atoms with E-state index in [0.717, 1.165) is 31.2 Å². The van der Waals surface area contributed by atoms with Crippen LogP contribution in [0.3, 0.4) is 0 Å². The SMILES string of the molecule is COc1cccc(C(C(=O)NC2CCCC2)N(Cc2ccccc2)C(=O)CNC(=O)c2ccco2)c1. The van der Waals surface area contributed by atoms with E-state index in [9.17, 15) is 14.4 Å². The second-order valence-electron chi connectivity index (χ2n) is 8.84. The van der Waals surface area contributed by atoms with Crippen LogP contribution in [0, 0.1) is 0 Å². The lowest BCUT2D eigenvalue weighted by atomic mass is 10.0. The van der Waals surface area contributed by atoms with Gasteiger partial charge in [-0.1, -0.05) is 55.3 Å². The second kappa shape index (κ2) is 12.1. The van der Waals surface area contributed by atoms with Crippen LogP contribution in [0.4, 0.5) is 0 Å². The van der Waals surface area contributed by atoms with Gasteiger partial charge >= 0.3 is 0 Å². The van der Waals surface area contributed by atoms with Gasteiger partial charge in [-0.25, -0.2) is 0 Å². The van der Waals surface area contributed by atoms with Crippen molar-refractivity contribution in [2.24, 2.45) is 0 Å². The number of nitrogens with zero attached hydrogens (tertiary/aromatic N) is 1. The average molecular weight is 490 g/mol. The Bertz CT molecular complexity index is 1160. The van der Waals surface area contributed by atoms with Gasteiger partial charge < -0.3 is 24.7 Å². The van der Waals surface area contributed by atoms with Gasteiger partial charge in [0.1, 0.15) is 11.8 Å². The van der Waals surface area contributed by atoms with Crippen LogP contribution in [0.1, 0.15) is 53.4 Å². The monoisotopic (exact) mass is 489 g/mol. The quantitative estimate of drug-likeness (QED) is 0.451. The molecule has 8 heteroatoms. The number of methoxy groups -OCH3 is 1. The number of amides is 3. The van der Waals surface area contributed by atoms with Crippen molar-refractivity contribution >= 4 is 17.7 Å². The van der Waals surface area contributed by atoms with E-state index >= 15 is 0 Å². The fraction of sp³-hybridized carbons (Fsp3) is 0.321. The zero-order chi connectivity index (χ0) is 25.3. The van der Waals surface area contributed by atoms with Crippen LogP contribution in [-0.2, 0) is 16.1 Å². The lowest BCUT2D eigenvalue weighted by Gasteiger charge is -2.32.